The van der Waals surface area contributed by atoms with E-state index in [1.807, 2.05) is 6.92 Å². The Morgan fingerprint density at radius 2 is 1.60 bits per heavy atom. The van der Waals surface area contributed by atoms with Gasteiger partial charge in [0.1, 0.15) is 5.75 Å². The summed E-state index contributed by atoms with van der Waals surface area (Å²) in [6.45, 7) is 1.83. The molecule has 0 aliphatic rings. The zero-order chi connectivity index (χ0) is 14.9. The van der Waals surface area contributed by atoms with Crippen molar-refractivity contribution >= 4 is 0 Å². The molecule has 2 N–H and O–H groups in total. The highest BCUT2D eigenvalue weighted by molar-refractivity contribution is 5.40. The van der Waals surface area contributed by atoms with Gasteiger partial charge in [0.05, 0.1) is 13.2 Å². The zero-order valence-electron chi connectivity index (χ0n) is 11.1. The van der Waals surface area contributed by atoms with Crippen LogP contribution in [-0.2, 0) is 0 Å². The summed E-state index contributed by atoms with van der Waals surface area (Å²) < 4.78 is 44.5. The highest BCUT2D eigenvalue weighted by Gasteiger charge is 2.16. The minimum Gasteiger partial charge on any atom is -0.496 e. The van der Waals surface area contributed by atoms with Gasteiger partial charge in [0, 0.05) is 0 Å². The summed E-state index contributed by atoms with van der Waals surface area (Å²) in [4.78, 5) is 0. The van der Waals surface area contributed by atoms with E-state index in [0.717, 1.165) is 17.7 Å². The van der Waals surface area contributed by atoms with E-state index in [1.165, 1.54) is 0 Å². The molecule has 0 bridgehead atoms. The molecule has 0 spiro atoms. The van der Waals surface area contributed by atoms with Gasteiger partial charge in [-0.1, -0.05) is 12.1 Å². The van der Waals surface area contributed by atoms with E-state index in [1.54, 1.807) is 25.3 Å². The summed E-state index contributed by atoms with van der Waals surface area (Å²) in [7, 11) is 1.55. The minimum atomic E-state index is -1.49. The van der Waals surface area contributed by atoms with Crippen molar-refractivity contribution in [2.75, 3.05) is 7.11 Å². The Balaban J connectivity index is 2.41. The number of aryl methyl sites for hydroxylation is 1. The Morgan fingerprint density at radius 3 is 2.10 bits per heavy atom. The first-order chi connectivity index (χ1) is 9.43. The summed E-state index contributed by atoms with van der Waals surface area (Å²) in [5.74, 6) is -3.30. The summed E-state index contributed by atoms with van der Waals surface area (Å²) in [5.41, 5.74) is 7.65. The van der Waals surface area contributed by atoms with Crippen LogP contribution in [0.3, 0.4) is 0 Å². The van der Waals surface area contributed by atoms with Crippen molar-refractivity contribution in [1.29, 1.82) is 0 Å². The van der Waals surface area contributed by atoms with Crippen LogP contribution in [-0.4, -0.2) is 7.11 Å². The molecule has 5 heteroatoms. The third-order valence-corrected chi connectivity index (χ3v) is 3.14. The molecule has 0 radical (unpaired) electrons. The highest BCUT2D eigenvalue weighted by atomic mass is 19.2. The average Bonchev–Trinajstić information content (AvgIpc) is 2.43. The largest absolute Gasteiger partial charge is 0.496 e. The molecule has 20 heavy (non-hydrogen) atoms. The van der Waals surface area contributed by atoms with Crippen molar-refractivity contribution in [2.24, 2.45) is 5.73 Å². The number of benzene rings is 2. The second kappa shape index (κ2) is 5.54. The molecule has 0 fully saturated rings. The van der Waals surface area contributed by atoms with Crippen LogP contribution >= 0.6 is 0 Å². The maximum Gasteiger partial charge on any atom is 0.194 e. The zero-order valence-corrected chi connectivity index (χ0v) is 11.1. The molecule has 0 aliphatic carbocycles. The van der Waals surface area contributed by atoms with Crippen molar-refractivity contribution in [3.05, 3.63) is 64.5 Å². The summed E-state index contributed by atoms with van der Waals surface area (Å²) >= 11 is 0. The predicted molar refractivity (Wildman–Crippen MR) is 70.1 cm³/mol. The van der Waals surface area contributed by atoms with Gasteiger partial charge in [-0.3, -0.25) is 0 Å². The van der Waals surface area contributed by atoms with Crippen LogP contribution in [0.1, 0.15) is 22.7 Å². The number of hydrogen-bond acceptors (Lipinski definition) is 2. The molecule has 0 heterocycles. The van der Waals surface area contributed by atoms with Crippen LogP contribution in [0.15, 0.2) is 30.3 Å². The topological polar surface area (TPSA) is 35.2 Å². The summed E-state index contributed by atoms with van der Waals surface area (Å²) in [6.07, 6.45) is 0. The van der Waals surface area contributed by atoms with Crippen LogP contribution in [0.25, 0.3) is 0 Å². The van der Waals surface area contributed by atoms with Gasteiger partial charge in [0.15, 0.2) is 17.5 Å². The summed E-state index contributed by atoms with van der Waals surface area (Å²) in [6, 6.07) is 6.26. The van der Waals surface area contributed by atoms with E-state index in [-0.39, 0.29) is 5.56 Å². The number of rotatable bonds is 3. The summed E-state index contributed by atoms with van der Waals surface area (Å²) in [5, 5.41) is 0. The fourth-order valence-corrected chi connectivity index (χ4v) is 2.04. The van der Waals surface area contributed by atoms with E-state index in [9.17, 15) is 13.2 Å². The van der Waals surface area contributed by atoms with Crippen LogP contribution in [0.4, 0.5) is 13.2 Å². The van der Waals surface area contributed by atoms with Crippen LogP contribution in [0.2, 0.25) is 0 Å². The molecule has 0 aliphatic heterocycles. The van der Waals surface area contributed by atoms with Gasteiger partial charge in [-0.25, -0.2) is 13.2 Å². The van der Waals surface area contributed by atoms with Crippen LogP contribution in [0.5, 0.6) is 5.75 Å². The van der Waals surface area contributed by atoms with E-state index in [4.69, 9.17) is 10.5 Å². The van der Waals surface area contributed by atoms with Crippen LogP contribution in [0, 0.1) is 24.4 Å². The molecule has 2 rings (SSSR count). The first kappa shape index (κ1) is 14.4. The quantitative estimate of drug-likeness (QED) is 0.874. The molecule has 2 nitrogen and oxygen atoms in total. The van der Waals surface area contributed by atoms with E-state index >= 15 is 0 Å². The Morgan fingerprint density at radius 1 is 1.00 bits per heavy atom. The van der Waals surface area contributed by atoms with E-state index in [0.29, 0.717) is 11.3 Å². The lowest BCUT2D eigenvalue weighted by Crippen LogP contribution is -2.13. The molecule has 0 saturated heterocycles. The van der Waals surface area contributed by atoms with Gasteiger partial charge in [-0.2, -0.15) is 0 Å². The molecule has 1 atom stereocenters. The van der Waals surface area contributed by atoms with Gasteiger partial charge < -0.3 is 10.5 Å². The van der Waals surface area contributed by atoms with Crippen molar-refractivity contribution in [1.82, 2.24) is 0 Å². The van der Waals surface area contributed by atoms with E-state index in [2.05, 4.69) is 0 Å². The van der Waals surface area contributed by atoms with Gasteiger partial charge in [0.25, 0.3) is 0 Å². The molecule has 0 amide bonds. The number of halogens is 3. The minimum absolute atomic E-state index is 0.172. The highest BCUT2D eigenvalue weighted by Crippen LogP contribution is 2.27. The Bertz CT molecular complexity index is 620. The molecular weight excluding hydrogens is 267 g/mol. The maximum absolute atomic E-state index is 13.2. The van der Waals surface area contributed by atoms with Gasteiger partial charge in [-0.15, -0.1) is 0 Å². The Labute approximate surface area is 115 Å². The average molecular weight is 281 g/mol. The van der Waals surface area contributed by atoms with E-state index < -0.39 is 23.5 Å². The van der Waals surface area contributed by atoms with Crippen molar-refractivity contribution in [3.8, 4) is 5.75 Å². The van der Waals surface area contributed by atoms with Crippen LogP contribution < -0.4 is 10.5 Å². The van der Waals surface area contributed by atoms with Gasteiger partial charge in [0.2, 0.25) is 0 Å². The Hall–Kier alpha value is -2.01. The predicted octanol–water partition coefficient (Wildman–Crippen LogP) is 3.47. The second-order valence-corrected chi connectivity index (χ2v) is 4.51. The molecule has 0 aromatic heterocycles. The first-order valence-electron chi connectivity index (χ1n) is 5.98. The normalized spacial score (nSPS) is 12.3. The third kappa shape index (κ3) is 2.63. The monoisotopic (exact) mass is 281 g/mol. The maximum atomic E-state index is 13.2. The lowest BCUT2D eigenvalue weighted by Gasteiger charge is -2.15. The molecular formula is C15H14F3NO. The number of hydrogen-bond donors (Lipinski definition) is 1. The van der Waals surface area contributed by atoms with Crippen molar-refractivity contribution in [3.63, 3.8) is 0 Å². The first-order valence-corrected chi connectivity index (χ1v) is 5.98. The fraction of sp³-hybridized carbons (Fsp3) is 0.200. The SMILES string of the molecule is COc1ccc(C(N)c2cc(F)c(F)c(F)c2)cc1C. The molecule has 2 aromatic carbocycles. The molecule has 1 unspecified atom stereocenters. The molecule has 0 saturated carbocycles. The van der Waals surface area contributed by atoms with Gasteiger partial charge in [-0.05, 0) is 41.8 Å². The number of ether oxygens (including phenoxy) is 1. The second-order valence-electron chi connectivity index (χ2n) is 4.51. The van der Waals surface area contributed by atoms with Crippen molar-refractivity contribution < 1.29 is 17.9 Å². The standard InChI is InChI=1S/C15H14F3NO/c1-8-5-9(3-4-13(8)20-2)15(19)10-6-11(16)14(18)12(17)7-10/h3-7,15H,19H2,1-2H3. The smallest absolute Gasteiger partial charge is 0.194 e. The molecule has 2 aromatic rings. The lowest BCUT2D eigenvalue weighted by atomic mass is 9.97. The van der Waals surface area contributed by atoms with Crippen molar-refractivity contribution in [2.45, 2.75) is 13.0 Å². The third-order valence-electron chi connectivity index (χ3n) is 3.14. The fourth-order valence-electron chi connectivity index (χ4n) is 2.04. The van der Waals surface area contributed by atoms with Gasteiger partial charge >= 0.3 is 0 Å². The molecule has 106 valence electrons. The number of nitrogens with two attached hydrogens (primary N) is 1. The Kier molecular flexibility index (Phi) is 3.99. The number of methoxy groups -OCH3 is 1. The lowest BCUT2D eigenvalue weighted by molar-refractivity contribution is 0.411.